The number of amides is 2. The van der Waals surface area contributed by atoms with Crippen molar-refractivity contribution in [2.75, 3.05) is 20.2 Å². The first-order valence-corrected chi connectivity index (χ1v) is 17.9. The Morgan fingerprint density at radius 1 is 0.870 bits per heavy atom. The van der Waals surface area contributed by atoms with Gasteiger partial charge in [-0.05, 0) is 116 Å². The molecule has 6 rings (SSSR count). The van der Waals surface area contributed by atoms with Crippen LogP contribution in [0.15, 0.2) is 23.8 Å². The van der Waals surface area contributed by atoms with Gasteiger partial charge in [0.05, 0.1) is 12.5 Å². The zero-order chi connectivity index (χ0) is 33.7. The number of hydrogen-bond donors (Lipinski definition) is 2. The minimum Gasteiger partial charge on any atom is -0.468 e. The summed E-state index contributed by atoms with van der Waals surface area (Å²) in [5.74, 6) is 0.579. The lowest BCUT2D eigenvalue weighted by Crippen LogP contribution is -2.65. The number of esters is 1. The molecule has 0 aromatic rings. The summed E-state index contributed by atoms with van der Waals surface area (Å²) >= 11 is 0. The average molecular weight is 635 g/mol. The van der Waals surface area contributed by atoms with Crippen LogP contribution >= 0.6 is 0 Å². The fourth-order valence-electron chi connectivity index (χ4n) is 12.1. The van der Waals surface area contributed by atoms with Gasteiger partial charge in [0.1, 0.15) is 5.41 Å². The molecule has 2 N–H and O–H groups in total. The van der Waals surface area contributed by atoms with E-state index in [4.69, 9.17) is 4.74 Å². The predicted octanol–water partition coefficient (Wildman–Crippen LogP) is 6.71. The molecule has 7 heteroatoms. The van der Waals surface area contributed by atoms with Gasteiger partial charge in [0, 0.05) is 18.5 Å². The van der Waals surface area contributed by atoms with Crippen molar-refractivity contribution in [3.8, 4) is 0 Å². The third kappa shape index (κ3) is 4.48. The molecule has 7 atom stereocenters. The SMILES string of the molecule is C=C1C[C@]2(C)[C@H]3CC=C4[C@@H]5CC(C)(C)CC[C@]5(C(=O)NCCNC(=O)C5(C(=O)OC)CC5)CC[C@@]4(C)[C@]3(C)CC[C@H]2C(C)(C)C1=O. The molecule has 254 valence electrons. The second-order valence-corrected chi connectivity index (χ2v) is 18.3. The van der Waals surface area contributed by atoms with E-state index >= 15 is 0 Å². The van der Waals surface area contributed by atoms with E-state index in [1.807, 2.05) is 0 Å². The summed E-state index contributed by atoms with van der Waals surface area (Å²) < 4.78 is 4.85. The maximum absolute atomic E-state index is 14.3. The Labute approximate surface area is 276 Å². The van der Waals surface area contributed by atoms with Gasteiger partial charge >= 0.3 is 5.97 Å². The molecule has 0 spiro atoms. The van der Waals surface area contributed by atoms with Gasteiger partial charge in [-0.2, -0.15) is 0 Å². The lowest BCUT2D eigenvalue weighted by Gasteiger charge is -2.70. The molecule has 0 radical (unpaired) electrons. The molecule has 0 saturated heterocycles. The number of methoxy groups -OCH3 is 1. The normalized spacial score (nSPS) is 41.4. The van der Waals surface area contributed by atoms with Crippen LogP contribution in [0.2, 0.25) is 0 Å². The monoisotopic (exact) mass is 634 g/mol. The van der Waals surface area contributed by atoms with E-state index in [9.17, 15) is 19.2 Å². The zero-order valence-electron chi connectivity index (χ0n) is 29.8. The first kappa shape index (κ1) is 33.5. The van der Waals surface area contributed by atoms with Crippen LogP contribution in [0, 0.1) is 55.7 Å². The molecule has 0 aromatic heterocycles. The lowest BCUT2D eigenvalue weighted by molar-refractivity contribution is -0.179. The quantitative estimate of drug-likeness (QED) is 0.111. The van der Waals surface area contributed by atoms with Gasteiger partial charge in [-0.3, -0.25) is 19.2 Å². The van der Waals surface area contributed by atoms with Gasteiger partial charge in [-0.25, -0.2) is 0 Å². The summed E-state index contributed by atoms with van der Waals surface area (Å²) in [5.41, 5.74) is 0.658. The Balaban J connectivity index is 1.25. The van der Waals surface area contributed by atoms with Crippen LogP contribution in [0.5, 0.6) is 0 Å². The summed E-state index contributed by atoms with van der Waals surface area (Å²) in [7, 11) is 1.32. The molecule has 46 heavy (non-hydrogen) atoms. The number of ether oxygens (including phenoxy) is 1. The smallest absolute Gasteiger partial charge is 0.321 e. The number of allylic oxidation sites excluding steroid dienone is 3. The van der Waals surface area contributed by atoms with Crippen molar-refractivity contribution in [3.63, 3.8) is 0 Å². The molecular weight excluding hydrogens is 576 g/mol. The van der Waals surface area contributed by atoms with Crippen molar-refractivity contribution in [2.45, 2.75) is 119 Å². The Morgan fingerprint density at radius 3 is 2.13 bits per heavy atom. The maximum Gasteiger partial charge on any atom is 0.321 e. The molecule has 6 aliphatic rings. The number of fused-ring (bicyclic) bond motifs is 7. The van der Waals surface area contributed by atoms with E-state index in [1.54, 1.807) is 0 Å². The minimum atomic E-state index is -1.04. The summed E-state index contributed by atoms with van der Waals surface area (Å²) in [6.45, 7) is 21.5. The number of rotatable bonds is 6. The standard InChI is InChI=1S/C39H58N2O5/c1-24-22-35(6)27(34(4,5)29(24)42)12-13-37(8)28(35)11-10-25-26-23-33(2,3)14-16-38(26,17-15-36(25,37)7)30(43)40-20-21-41-31(44)39(18-19-39)32(45)46-9/h10,26-28H,1,11-23H2,2-9H3,(H,40,43)(H,41,44)/t26-,27-,28+,35-,36+,37+,38-/m0/s1. The Kier molecular flexibility index (Phi) is 7.66. The van der Waals surface area contributed by atoms with Crippen molar-refractivity contribution < 1.29 is 23.9 Å². The first-order valence-electron chi connectivity index (χ1n) is 17.9. The summed E-state index contributed by atoms with van der Waals surface area (Å²) in [6, 6.07) is 0. The Hall–Kier alpha value is -2.44. The zero-order valence-corrected chi connectivity index (χ0v) is 29.8. The molecule has 6 aliphatic carbocycles. The number of Topliss-reactive ketones (excluding diaryl/α,β-unsaturated/α-hetero) is 1. The van der Waals surface area contributed by atoms with Crippen molar-refractivity contribution in [3.05, 3.63) is 23.8 Å². The summed E-state index contributed by atoms with van der Waals surface area (Å²) in [4.78, 5) is 52.5. The first-order chi connectivity index (χ1) is 21.3. The molecule has 2 amide bonds. The Morgan fingerprint density at radius 2 is 1.50 bits per heavy atom. The molecule has 5 fully saturated rings. The number of carbonyl (C=O) groups is 4. The summed E-state index contributed by atoms with van der Waals surface area (Å²) in [6.07, 6.45) is 12.3. The van der Waals surface area contributed by atoms with Gasteiger partial charge in [0.15, 0.2) is 5.78 Å². The third-order valence-corrected chi connectivity index (χ3v) is 15.2. The van der Waals surface area contributed by atoms with E-state index in [0.29, 0.717) is 37.8 Å². The highest BCUT2D eigenvalue weighted by molar-refractivity contribution is 6.05. The molecule has 7 nitrogen and oxygen atoms in total. The van der Waals surface area contributed by atoms with Crippen LogP contribution < -0.4 is 10.6 Å². The van der Waals surface area contributed by atoms with Crippen LogP contribution in [0.4, 0.5) is 0 Å². The molecule has 0 unspecified atom stereocenters. The van der Waals surface area contributed by atoms with Crippen LogP contribution in [0.25, 0.3) is 0 Å². The molecule has 0 bridgehead atoms. The lowest BCUT2D eigenvalue weighted by atomic mass is 9.33. The fourth-order valence-corrected chi connectivity index (χ4v) is 12.1. The van der Waals surface area contributed by atoms with Crippen molar-refractivity contribution in [1.29, 1.82) is 0 Å². The van der Waals surface area contributed by atoms with Gasteiger partial charge in [0.2, 0.25) is 11.8 Å². The van der Waals surface area contributed by atoms with Crippen LogP contribution in [0.1, 0.15) is 119 Å². The molecular formula is C39H58N2O5. The minimum absolute atomic E-state index is 0.0147. The Bertz CT molecular complexity index is 1400. The number of ketones is 1. The maximum atomic E-state index is 14.3. The molecule has 0 aliphatic heterocycles. The van der Waals surface area contributed by atoms with Crippen molar-refractivity contribution in [2.24, 2.45) is 55.7 Å². The van der Waals surface area contributed by atoms with E-state index in [0.717, 1.165) is 63.4 Å². The molecule has 0 heterocycles. The van der Waals surface area contributed by atoms with Crippen molar-refractivity contribution >= 4 is 23.6 Å². The van der Waals surface area contributed by atoms with E-state index in [1.165, 1.54) is 12.7 Å². The van der Waals surface area contributed by atoms with Crippen LogP contribution in [-0.2, 0) is 23.9 Å². The number of nitrogens with one attached hydrogen (secondary N) is 2. The van der Waals surface area contributed by atoms with E-state index in [-0.39, 0.29) is 50.6 Å². The largest absolute Gasteiger partial charge is 0.468 e. The van der Waals surface area contributed by atoms with E-state index < -0.39 is 16.8 Å². The highest BCUT2D eigenvalue weighted by Gasteiger charge is 2.69. The number of hydrogen-bond acceptors (Lipinski definition) is 5. The van der Waals surface area contributed by atoms with Crippen LogP contribution in [-0.4, -0.2) is 43.8 Å². The second-order valence-electron chi connectivity index (χ2n) is 18.3. The average Bonchev–Trinajstić information content (AvgIpc) is 3.80. The molecule has 5 saturated carbocycles. The van der Waals surface area contributed by atoms with Gasteiger partial charge in [-0.1, -0.05) is 66.7 Å². The van der Waals surface area contributed by atoms with Gasteiger partial charge in [-0.15, -0.1) is 0 Å². The topological polar surface area (TPSA) is 102 Å². The highest BCUT2D eigenvalue weighted by atomic mass is 16.5. The van der Waals surface area contributed by atoms with Crippen molar-refractivity contribution in [1.82, 2.24) is 10.6 Å². The third-order valence-electron chi connectivity index (χ3n) is 15.2. The highest BCUT2D eigenvalue weighted by Crippen LogP contribution is 2.75. The predicted molar refractivity (Wildman–Crippen MR) is 178 cm³/mol. The van der Waals surface area contributed by atoms with Crippen LogP contribution in [0.3, 0.4) is 0 Å². The van der Waals surface area contributed by atoms with E-state index in [2.05, 4.69) is 71.8 Å². The van der Waals surface area contributed by atoms with Gasteiger partial charge < -0.3 is 15.4 Å². The summed E-state index contributed by atoms with van der Waals surface area (Å²) in [5, 5.41) is 6.11. The molecule has 0 aromatic carbocycles. The van der Waals surface area contributed by atoms with Gasteiger partial charge in [0.25, 0.3) is 0 Å². The number of carbonyl (C=O) groups excluding carboxylic acids is 4. The second kappa shape index (κ2) is 10.5. The fraction of sp³-hybridized carbons (Fsp3) is 0.795.